The monoisotopic (exact) mass is 252 g/mol. The summed E-state index contributed by atoms with van der Waals surface area (Å²) in [5.41, 5.74) is 6.13. The molecule has 0 aliphatic rings. The van der Waals surface area contributed by atoms with Crippen molar-refractivity contribution in [3.8, 4) is 0 Å². The maximum Gasteiger partial charge on any atom is 0.410 e. The molecule has 8 heteroatoms. The van der Waals surface area contributed by atoms with Crippen molar-refractivity contribution in [3.05, 3.63) is 11.4 Å². The zero-order valence-electron chi connectivity index (χ0n) is 9.66. The van der Waals surface area contributed by atoms with E-state index in [9.17, 15) is 13.2 Å². The van der Waals surface area contributed by atoms with Crippen molar-refractivity contribution in [2.45, 2.75) is 32.2 Å². The predicted molar refractivity (Wildman–Crippen MR) is 54.3 cm³/mol. The van der Waals surface area contributed by atoms with Gasteiger partial charge < -0.3 is 10.5 Å². The van der Waals surface area contributed by atoms with E-state index < -0.39 is 12.2 Å². The molecule has 1 aromatic rings. The minimum Gasteiger partial charge on any atom is -0.378 e. The molecular formula is C9H15F3N4O. The van der Waals surface area contributed by atoms with Crippen LogP contribution in [0.15, 0.2) is 0 Å². The quantitative estimate of drug-likeness (QED) is 0.850. The Labute approximate surface area is 96.7 Å². The molecule has 1 unspecified atom stereocenters. The van der Waals surface area contributed by atoms with E-state index in [1.807, 2.05) is 0 Å². The molecule has 0 saturated heterocycles. The molecule has 98 valence electrons. The number of halogens is 3. The van der Waals surface area contributed by atoms with Crippen LogP contribution in [0.4, 0.5) is 13.2 Å². The number of alkyl halides is 3. The van der Waals surface area contributed by atoms with E-state index in [4.69, 9.17) is 10.5 Å². The highest BCUT2D eigenvalue weighted by Gasteiger charge is 2.39. The van der Waals surface area contributed by atoms with Gasteiger partial charge in [0.1, 0.15) is 6.04 Å². The Hall–Kier alpha value is -1.15. The number of nitrogens with two attached hydrogens (primary N) is 1. The Balaban J connectivity index is 3.06. The van der Waals surface area contributed by atoms with E-state index in [1.165, 1.54) is 7.11 Å². The smallest absolute Gasteiger partial charge is 0.378 e. The molecule has 17 heavy (non-hydrogen) atoms. The zero-order chi connectivity index (χ0) is 13.1. The van der Waals surface area contributed by atoms with Crippen LogP contribution in [-0.4, -0.2) is 34.8 Å². The first kappa shape index (κ1) is 13.9. The molecule has 0 radical (unpaired) electrons. The van der Waals surface area contributed by atoms with Gasteiger partial charge in [-0.25, -0.2) is 4.68 Å². The van der Waals surface area contributed by atoms with Gasteiger partial charge in [0.25, 0.3) is 0 Å². The van der Waals surface area contributed by atoms with Crippen molar-refractivity contribution in [1.29, 1.82) is 0 Å². The molecule has 1 aromatic heterocycles. The number of rotatable bonds is 5. The van der Waals surface area contributed by atoms with Gasteiger partial charge in [0.05, 0.1) is 18.0 Å². The number of hydrogen-bond donors (Lipinski definition) is 1. The third-order valence-electron chi connectivity index (χ3n) is 2.37. The van der Waals surface area contributed by atoms with Gasteiger partial charge in [-0.1, -0.05) is 5.21 Å². The minimum absolute atomic E-state index is 0.0305. The Morgan fingerprint density at radius 3 is 2.59 bits per heavy atom. The molecule has 0 saturated carbocycles. The molecule has 0 aliphatic heterocycles. The fraction of sp³-hybridized carbons (Fsp3) is 0.778. The average Bonchev–Trinajstić information content (AvgIpc) is 2.61. The fourth-order valence-corrected chi connectivity index (χ4v) is 1.41. The standard InChI is InChI=1S/C9H15F3N4O/c1-6(9(10,11)12)16-8(5-17-2)7(3-4-13)14-15-16/h6H,3-5,13H2,1-2H3. The van der Waals surface area contributed by atoms with Gasteiger partial charge in [-0.05, 0) is 13.5 Å². The lowest BCUT2D eigenvalue weighted by molar-refractivity contribution is -0.166. The molecule has 2 N–H and O–H groups in total. The Morgan fingerprint density at radius 1 is 1.47 bits per heavy atom. The van der Waals surface area contributed by atoms with Crippen LogP contribution in [0.3, 0.4) is 0 Å². The van der Waals surface area contributed by atoms with E-state index in [0.29, 0.717) is 24.4 Å². The van der Waals surface area contributed by atoms with Crippen molar-refractivity contribution >= 4 is 0 Å². The van der Waals surface area contributed by atoms with E-state index in [1.54, 1.807) is 0 Å². The van der Waals surface area contributed by atoms with Gasteiger partial charge in [-0.3, -0.25) is 0 Å². The molecule has 1 atom stereocenters. The van der Waals surface area contributed by atoms with Crippen LogP contribution in [0.1, 0.15) is 24.4 Å². The molecule has 0 bridgehead atoms. The van der Waals surface area contributed by atoms with Crippen molar-refractivity contribution in [2.24, 2.45) is 5.73 Å². The first-order chi connectivity index (χ1) is 7.91. The minimum atomic E-state index is -4.36. The third kappa shape index (κ3) is 3.16. The van der Waals surface area contributed by atoms with Crippen LogP contribution in [0.5, 0.6) is 0 Å². The SMILES string of the molecule is COCc1c(CCN)nnn1C(C)C(F)(F)F. The van der Waals surface area contributed by atoms with Gasteiger partial charge in [-0.15, -0.1) is 5.10 Å². The molecule has 0 aromatic carbocycles. The molecular weight excluding hydrogens is 237 g/mol. The predicted octanol–water partition coefficient (Wildman–Crippen LogP) is 1.05. The molecule has 1 heterocycles. The van der Waals surface area contributed by atoms with Crippen LogP contribution in [0.2, 0.25) is 0 Å². The van der Waals surface area contributed by atoms with Crippen LogP contribution in [-0.2, 0) is 17.8 Å². The highest BCUT2D eigenvalue weighted by molar-refractivity contribution is 5.11. The van der Waals surface area contributed by atoms with Crippen LogP contribution < -0.4 is 5.73 Å². The topological polar surface area (TPSA) is 66.0 Å². The number of hydrogen-bond acceptors (Lipinski definition) is 4. The summed E-state index contributed by atoms with van der Waals surface area (Å²) in [6, 6.07) is -1.73. The summed E-state index contributed by atoms with van der Waals surface area (Å²) in [7, 11) is 1.40. The first-order valence-electron chi connectivity index (χ1n) is 5.10. The summed E-state index contributed by atoms with van der Waals surface area (Å²) < 4.78 is 43.5. The fourth-order valence-electron chi connectivity index (χ4n) is 1.41. The second-order valence-electron chi connectivity index (χ2n) is 3.62. The molecule has 0 fully saturated rings. The highest BCUT2D eigenvalue weighted by atomic mass is 19.4. The van der Waals surface area contributed by atoms with Gasteiger partial charge >= 0.3 is 6.18 Å². The van der Waals surface area contributed by atoms with Gasteiger partial charge in [0.2, 0.25) is 0 Å². The van der Waals surface area contributed by atoms with E-state index in [2.05, 4.69) is 10.3 Å². The van der Waals surface area contributed by atoms with Crippen LogP contribution in [0.25, 0.3) is 0 Å². The second kappa shape index (κ2) is 5.46. The molecule has 0 spiro atoms. The van der Waals surface area contributed by atoms with Crippen LogP contribution in [0, 0.1) is 0 Å². The molecule has 0 amide bonds. The van der Waals surface area contributed by atoms with Crippen molar-refractivity contribution in [1.82, 2.24) is 15.0 Å². The third-order valence-corrected chi connectivity index (χ3v) is 2.37. The Bertz CT molecular complexity index is 364. The second-order valence-corrected chi connectivity index (χ2v) is 3.62. The lowest BCUT2D eigenvalue weighted by Crippen LogP contribution is -2.26. The van der Waals surface area contributed by atoms with E-state index in [0.717, 1.165) is 11.6 Å². The van der Waals surface area contributed by atoms with Crippen molar-refractivity contribution in [3.63, 3.8) is 0 Å². The van der Waals surface area contributed by atoms with Gasteiger partial charge in [-0.2, -0.15) is 13.2 Å². The van der Waals surface area contributed by atoms with Gasteiger partial charge in [0.15, 0.2) is 0 Å². The molecule has 1 rings (SSSR count). The van der Waals surface area contributed by atoms with Crippen molar-refractivity contribution in [2.75, 3.05) is 13.7 Å². The normalized spacial score (nSPS) is 14.0. The number of methoxy groups -OCH3 is 1. The Kier molecular flexibility index (Phi) is 4.47. The summed E-state index contributed by atoms with van der Waals surface area (Å²) in [5, 5.41) is 7.24. The maximum absolute atomic E-state index is 12.6. The molecule has 5 nitrogen and oxygen atoms in total. The summed E-state index contributed by atoms with van der Waals surface area (Å²) in [4.78, 5) is 0. The average molecular weight is 252 g/mol. The lowest BCUT2D eigenvalue weighted by Gasteiger charge is -2.17. The Morgan fingerprint density at radius 2 is 2.12 bits per heavy atom. The summed E-state index contributed by atoms with van der Waals surface area (Å²) in [6.45, 7) is 1.36. The van der Waals surface area contributed by atoms with E-state index >= 15 is 0 Å². The number of nitrogens with zero attached hydrogens (tertiary/aromatic N) is 3. The number of ether oxygens (including phenoxy) is 1. The van der Waals surface area contributed by atoms with Crippen molar-refractivity contribution < 1.29 is 17.9 Å². The van der Waals surface area contributed by atoms with Crippen LogP contribution >= 0.6 is 0 Å². The van der Waals surface area contributed by atoms with E-state index in [-0.39, 0.29) is 6.61 Å². The number of aromatic nitrogens is 3. The largest absolute Gasteiger partial charge is 0.410 e. The zero-order valence-corrected chi connectivity index (χ0v) is 9.66. The summed E-state index contributed by atoms with van der Waals surface area (Å²) in [6.07, 6.45) is -3.99. The summed E-state index contributed by atoms with van der Waals surface area (Å²) >= 11 is 0. The summed E-state index contributed by atoms with van der Waals surface area (Å²) in [5.74, 6) is 0. The first-order valence-corrected chi connectivity index (χ1v) is 5.10. The highest BCUT2D eigenvalue weighted by Crippen LogP contribution is 2.30. The lowest BCUT2D eigenvalue weighted by atomic mass is 10.2. The molecule has 0 aliphatic carbocycles. The van der Waals surface area contributed by atoms with Gasteiger partial charge in [0, 0.05) is 13.5 Å². The maximum atomic E-state index is 12.6.